The molecule has 3 N–H and O–H groups in total. The summed E-state index contributed by atoms with van der Waals surface area (Å²) in [5.74, 6) is 0.160. The largest absolute Gasteiger partial charge is 0.508 e. The number of benzene rings is 2. The maximum absolute atomic E-state index is 11.1. The zero-order valence-corrected chi connectivity index (χ0v) is 12.7. The molecule has 24 heavy (non-hydrogen) atoms. The van der Waals surface area contributed by atoms with Crippen molar-refractivity contribution in [1.82, 2.24) is 0 Å². The number of phenols is 2. The van der Waals surface area contributed by atoms with Gasteiger partial charge in [0.15, 0.2) is 0 Å². The zero-order valence-electron chi connectivity index (χ0n) is 12.7. The molecule has 2 aliphatic rings. The summed E-state index contributed by atoms with van der Waals surface area (Å²) in [5, 5.41) is 34.9. The average molecular weight is 324 g/mol. The van der Waals surface area contributed by atoms with E-state index in [4.69, 9.17) is 0 Å². The van der Waals surface area contributed by atoms with Crippen molar-refractivity contribution in [3.8, 4) is 11.5 Å². The van der Waals surface area contributed by atoms with Gasteiger partial charge in [0.05, 0.1) is 22.7 Å². The molecule has 6 nitrogen and oxygen atoms in total. The lowest BCUT2D eigenvalue weighted by Gasteiger charge is -2.37. The van der Waals surface area contributed by atoms with Crippen molar-refractivity contribution < 1.29 is 15.1 Å². The normalized spacial score (nSPS) is 24.1. The molecule has 0 saturated heterocycles. The minimum atomic E-state index is -0.497. The van der Waals surface area contributed by atoms with Crippen molar-refractivity contribution in [2.45, 2.75) is 18.4 Å². The Balaban J connectivity index is 1.85. The molecule has 2 aromatic carbocycles. The van der Waals surface area contributed by atoms with E-state index in [2.05, 4.69) is 11.4 Å². The number of nitrogens with zero attached hydrogens (tertiary/aromatic N) is 1. The fourth-order valence-electron chi connectivity index (χ4n) is 3.83. The van der Waals surface area contributed by atoms with Crippen LogP contribution in [-0.4, -0.2) is 15.1 Å². The summed E-state index contributed by atoms with van der Waals surface area (Å²) in [4.78, 5) is 10.6. The fourth-order valence-corrected chi connectivity index (χ4v) is 3.83. The van der Waals surface area contributed by atoms with Crippen LogP contribution in [0.15, 0.2) is 48.6 Å². The lowest BCUT2D eigenvalue weighted by molar-refractivity contribution is -0.385. The number of non-ortho nitro benzene ring substituents is 1. The Morgan fingerprint density at radius 1 is 1.12 bits per heavy atom. The van der Waals surface area contributed by atoms with Crippen LogP contribution in [0.5, 0.6) is 11.5 Å². The third kappa shape index (κ3) is 2.11. The van der Waals surface area contributed by atoms with E-state index in [9.17, 15) is 20.3 Å². The first-order valence-electron chi connectivity index (χ1n) is 7.78. The van der Waals surface area contributed by atoms with Crippen molar-refractivity contribution in [1.29, 1.82) is 0 Å². The summed E-state index contributed by atoms with van der Waals surface area (Å²) in [7, 11) is 0. The van der Waals surface area contributed by atoms with Gasteiger partial charge in [-0.25, -0.2) is 0 Å². The lowest BCUT2D eigenvalue weighted by Crippen LogP contribution is -2.29. The van der Waals surface area contributed by atoms with E-state index in [0.717, 1.165) is 23.6 Å². The van der Waals surface area contributed by atoms with E-state index in [-0.39, 0.29) is 35.1 Å². The van der Waals surface area contributed by atoms with Gasteiger partial charge in [-0.05, 0) is 24.0 Å². The first-order chi connectivity index (χ1) is 11.6. The highest BCUT2D eigenvalue weighted by molar-refractivity contribution is 5.70. The van der Waals surface area contributed by atoms with Gasteiger partial charge < -0.3 is 15.5 Å². The maximum atomic E-state index is 11.1. The number of nitrogens with one attached hydrogen (secondary N) is 1. The first kappa shape index (κ1) is 14.6. The molecule has 1 heterocycles. The standard InChI is InChI=1S/C18H16N2O4/c21-15-7-2-1-4-13(15)17-12-6-3-5-11(12)14-8-10(20(23)24)9-16(22)18(14)19-17/h1-5,7-9,11-12,17,19,21-22H,6H2. The summed E-state index contributed by atoms with van der Waals surface area (Å²) in [6.45, 7) is 0. The number of hydrogen-bond donors (Lipinski definition) is 3. The Morgan fingerprint density at radius 2 is 1.92 bits per heavy atom. The third-order valence-electron chi connectivity index (χ3n) is 4.92. The molecule has 122 valence electrons. The number of aromatic hydroxyl groups is 2. The summed E-state index contributed by atoms with van der Waals surface area (Å²) in [6.07, 6.45) is 4.88. The van der Waals surface area contributed by atoms with Crippen LogP contribution in [0.1, 0.15) is 29.5 Å². The molecule has 0 amide bonds. The van der Waals surface area contributed by atoms with Crippen LogP contribution in [0, 0.1) is 16.0 Å². The van der Waals surface area contributed by atoms with Gasteiger partial charge >= 0.3 is 0 Å². The molecular formula is C18H16N2O4. The predicted octanol–water partition coefficient (Wildman–Crippen LogP) is 3.83. The van der Waals surface area contributed by atoms with Gasteiger partial charge in [-0.1, -0.05) is 30.4 Å². The number of nitro groups is 1. The fraction of sp³-hybridized carbons (Fsp3) is 0.222. The van der Waals surface area contributed by atoms with Crippen LogP contribution in [0.2, 0.25) is 0 Å². The molecule has 0 aromatic heterocycles. The second-order valence-electron chi connectivity index (χ2n) is 6.22. The molecular weight excluding hydrogens is 308 g/mol. The molecule has 2 aromatic rings. The number of allylic oxidation sites excluding steroid dienone is 2. The number of phenolic OH excluding ortho intramolecular Hbond substituents is 2. The average Bonchev–Trinajstić information content (AvgIpc) is 3.05. The number of nitro benzene ring substituents is 1. The second kappa shape index (κ2) is 5.26. The second-order valence-corrected chi connectivity index (χ2v) is 6.22. The third-order valence-corrected chi connectivity index (χ3v) is 4.92. The molecule has 3 unspecified atom stereocenters. The van der Waals surface area contributed by atoms with Crippen LogP contribution < -0.4 is 5.32 Å². The molecule has 3 atom stereocenters. The summed E-state index contributed by atoms with van der Waals surface area (Å²) < 4.78 is 0. The molecule has 0 radical (unpaired) electrons. The van der Waals surface area contributed by atoms with E-state index < -0.39 is 4.92 Å². The Bertz CT molecular complexity index is 862. The molecule has 0 bridgehead atoms. The number of para-hydroxylation sites is 1. The van der Waals surface area contributed by atoms with Crippen LogP contribution in [0.25, 0.3) is 0 Å². The highest BCUT2D eigenvalue weighted by atomic mass is 16.6. The molecule has 0 saturated carbocycles. The van der Waals surface area contributed by atoms with Gasteiger partial charge in [0.25, 0.3) is 5.69 Å². The highest BCUT2D eigenvalue weighted by Crippen LogP contribution is 2.53. The highest BCUT2D eigenvalue weighted by Gasteiger charge is 2.40. The lowest BCUT2D eigenvalue weighted by atomic mass is 9.76. The summed E-state index contributed by atoms with van der Waals surface area (Å²) in [6, 6.07) is 9.63. The van der Waals surface area contributed by atoms with Crippen LogP contribution >= 0.6 is 0 Å². The van der Waals surface area contributed by atoms with Gasteiger partial charge in [-0.2, -0.15) is 0 Å². The molecule has 6 heteroatoms. The van der Waals surface area contributed by atoms with Crippen molar-refractivity contribution >= 4 is 11.4 Å². The van der Waals surface area contributed by atoms with Crippen molar-refractivity contribution in [2.75, 3.05) is 5.32 Å². The minimum Gasteiger partial charge on any atom is -0.508 e. The zero-order chi connectivity index (χ0) is 16.8. The summed E-state index contributed by atoms with van der Waals surface area (Å²) in [5.41, 5.74) is 1.88. The molecule has 1 aliphatic heterocycles. The topological polar surface area (TPSA) is 95.6 Å². The Labute approximate surface area is 138 Å². The van der Waals surface area contributed by atoms with Gasteiger partial charge in [0.1, 0.15) is 11.5 Å². The van der Waals surface area contributed by atoms with E-state index in [1.807, 2.05) is 18.2 Å². The van der Waals surface area contributed by atoms with E-state index >= 15 is 0 Å². The Morgan fingerprint density at radius 3 is 2.67 bits per heavy atom. The quantitative estimate of drug-likeness (QED) is 0.338. The van der Waals surface area contributed by atoms with E-state index in [0.29, 0.717) is 5.69 Å². The van der Waals surface area contributed by atoms with Gasteiger partial charge in [-0.15, -0.1) is 0 Å². The monoisotopic (exact) mass is 324 g/mol. The minimum absolute atomic E-state index is 0.0309. The van der Waals surface area contributed by atoms with Gasteiger partial charge in [0.2, 0.25) is 0 Å². The maximum Gasteiger partial charge on any atom is 0.273 e. The number of hydrogen-bond acceptors (Lipinski definition) is 5. The molecule has 1 aliphatic carbocycles. The smallest absolute Gasteiger partial charge is 0.273 e. The predicted molar refractivity (Wildman–Crippen MR) is 89.2 cm³/mol. The van der Waals surface area contributed by atoms with Crippen LogP contribution in [0.3, 0.4) is 0 Å². The van der Waals surface area contributed by atoms with Crippen LogP contribution in [0.4, 0.5) is 11.4 Å². The van der Waals surface area contributed by atoms with Crippen molar-refractivity contribution in [3.05, 3.63) is 69.8 Å². The van der Waals surface area contributed by atoms with E-state index in [1.165, 1.54) is 6.07 Å². The van der Waals surface area contributed by atoms with Crippen LogP contribution in [-0.2, 0) is 0 Å². The number of fused-ring (bicyclic) bond motifs is 3. The van der Waals surface area contributed by atoms with Gasteiger partial charge in [-0.3, -0.25) is 10.1 Å². The molecule has 0 spiro atoms. The number of anilines is 1. The molecule has 4 rings (SSSR count). The van der Waals surface area contributed by atoms with Crippen molar-refractivity contribution in [2.24, 2.45) is 5.92 Å². The SMILES string of the molecule is O=[N+]([O-])c1cc(O)c2c(c1)C1C=CCC1C(c1ccccc1O)N2. The van der Waals surface area contributed by atoms with Gasteiger partial charge in [0, 0.05) is 17.5 Å². The Hall–Kier alpha value is -3.02. The summed E-state index contributed by atoms with van der Waals surface area (Å²) >= 11 is 0. The van der Waals surface area contributed by atoms with E-state index in [1.54, 1.807) is 12.1 Å². The number of rotatable bonds is 2. The van der Waals surface area contributed by atoms with Crippen molar-refractivity contribution in [3.63, 3.8) is 0 Å². The Kier molecular flexibility index (Phi) is 3.19. The first-order valence-corrected chi connectivity index (χ1v) is 7.78. The molecule has 0 fully saturated rings.